The molecule has 0 fully saturated rings. The molecule has 0 bridgehead atoms. The number of nitrogens with zero attached hydrogens (tertiary/aromatic N) is 2. The smallest absolute Gasteiger partial charge is 0.0496 e. The van der Waals surface area contributed by atoms with E-state index in [2.05, 4.69) is 24.2 Å². The SMILES string of the molecule is CC1CC=Cn2nccc21. The molecule has 1 aromatic rings. The molecule has 1 aliphatic heterocycles. The lowest BCUT2D eigenvalue weighted by atomic mass is 10.0. The van der Waals surface area contributed by atoms with Crippen LogP contribution in [-0.4, -0.2) is 9.78 Å². The first-order valence-electron chi connectivity index (χ1n) is 3.58. The number of hydrogen-bond donors (Lipinski definition) is 0. The van der Waals surface area contributed by atoms with E-state index in [0.29, 0.717) is 5.92 Å². The van der Waals surface area contributed by atoms with E-state index in [-0.39, 0.29) is 0 Å². The van der Waals surface area contributed by atoms with Crippen LogP contribution in [0.1, 0.15) is 25.0 Å². The van der Waals surface area contributed by atoms with Gasteiger partial charge in [0, 0.05) is 24.0 Å². The largest absolute Gasteiger partial charge is 0.245 e. The molecule has 0 spiro atoms. The highest BCUT2D eigenvalue weighted by Crippen LogP contribution is 2.22. The molecule has 1 aromatic heterocycles. The Morgan fingerprint density at radius 2 is 2.60 bits per heavy atom. The molecule has 0 saturated heterocycles. The van der Waals surface area contributed by atoms with Crippen LogP contribution in [0, 0.1) is 0 Å². The Kier molecular flexibility index (Phi) is 1.13. The number of allylic oxidation sites excluding steroid dienone is 1. The van der Waals surface area contributed by atoms with E-state index in [1.165, 1.54) is 5.69 Å². The van der Waals surface area contributed by atoms with Gasteiger partial charge in [0.1, 0.15) is 0 Å². The topological polar surface area (TPSA) is 17.8 Å². The van der Waals surface area contributed by atoms with Crippen LogP contribution in [0.25, 0.3) is 6.20 Å². The molecule has 0 saturated carbocycles. The van der Waals surface area contributed by atoms with Gasteiger partial charge in [-0.3, -0.25) is 0 Å². The van der Waals surface area contributed by atoms with Gasteiger partial charge in [-0.15, -0.1) is 0 Å². The van der Waals surface area contributed by atoms with Crippen LogP contribution in [0.3, 0.4) is 0 Å². The summed E-state index contributed by atoms with van der Waals surface area (Å²) in [6, 6.07) is 2.08. The maximum atomic E-state index is 4.14. The zero-order valence-electron chi connectivity index (χ0n) is 5.99. The summed E-state index contributed by atoms with van der Waals surface area (Å²) >= 11 is 0. The third-order valence-electron chi connectivity index (χ3n) is 1.94. The van der Waals surface area contributed by atoms with Gasteiger partial charge in [-0.05, 0) is 12.5 Å². The van der Waals surface area contributed by atoms with Gasteiger partial charge in [-0.1, -0.05) is 13.0 Å². The first-order valence-corrected chi connectivity index (χ1v) is 3.58. The van der Waals surface area contributed by atoms with E-state index >= 15 is 0 Å². The maximum absolute atomic E-state index is 4.14. The highest BCUT2D eigenvalue weighted by Gasteiger charge is 2.11. The maximum Gasteiger partial charge on any atom is 0.0496 e. The fraction of sp³-hybridized carbons (Fsp3) is 0.375. The Bertz CT molecular complexity index is 260. The third-order valence-corrected chi connectivity index (χ3v) is 1.94. The summed E-state index contributed by atoms with van der Waals surface area (Å²) in [5.74, 6) is 0.632. The molecule has 0 radical (unpaired) electrons. The zero-order chi connectivity index (χ0) is 6.97. The van der Waals surface area contributed by atoms with Crippen LogP contribution in [0.2, 0.25) is 0 Å². The minimum Gasteiger partial charge on any atom is -0.245 e. The van der Waals surface area contributed by atoms with Crippen molar-refractivity contribution in [2.75, 3.05) is 0 Å². The van der Waals surface area contributed by atoms with E-state index in [1.807, 2.05) is 17.1 Å². The average Bonchev–Trinajstić information content (AvgIpc) is 2.36. The fourth-order valence-electron chi connectivity index (χ4n) is 1.32. The average molecular weight is 134 g/mol. The standard InChI is InChI=1S/C8H10N2/c1-7-3-2-6-10-8(7)4-5-9-10/h2,4-7H,3H2,1H3. The van der Waals surface area contributed by atoms with E-state index in [9.17, 15) is 0 Å². The first kappa shape index (κ1) is 5.71. The fourth-order valence-corrected chi connectivity index (χ4v) is 1.32. The molecule has 2 heteroatoms. The molecule has 0 N–H and O–H groups in total. The predicted octanol–water partition coefficient (Wildman–Crippen LogP) is 1.86. The van der Waals surface area contributed by atoms with Crippen LogP contribution in [0.4, 0.5) is 0 Å². The zero-order valence-corrected chi connectivity index (χ0v) is 5.99. The molecule has 0 aliphatic carbocycles. The van der Waals surface area contributed by atoms with Gasteiger partial charge in [0.25, 0.3) is 0 Å². The van der Waals surface area contributed by atoms with Gasteiger partial charge < -0.3 is 0 Å². The molecule has 1 atom stereocenters. The monoisotopic (exact) mass is 134 g/mol. The number of rotatable bonds is 0. The van der Waals surface area contributed by atoms with Gasteiger partial charge in [0.05, 0.1) is 0 Å². The van der Waals surface area contributed by atoms with Crippen molar-refractivity contribution in [3.8, 4) is 0 Å². The molecule has 1 aliphatic rings. The van der Waals surface area contributed by atoms with Gasteiger partial charge >= 0.3 is 0 Å². The molecular formula is C8H10N2. The molecule has 2 heterocycles. The Balaban J connectivity index is 2.52. The lowest BCUT2D eigenvalue weighted by molar-refractivity contribution is 0.685. The van der Waals surface area contributed by atoms with Gasteiger partial charge in [-0.2, -0.15) is 5.10 Å². The predicted molar refractivity (Wildman–Crippen MR) is 40.6 cm³/mol. The van der Waals surface area contributed by atoms with Gasteiger partial charge in [0.15, 0.2) is 0 Å². The molecular weight excluding hydrogens is 124 g/mol. The van der Waals surface area contributed by atoms with Crippen molar-refractivity contribution in [2.24, 2.45) is 0 Å². The Morgan fingerprint density at radius 3 is 3.40 bits per heavy atom. The van der Waals surface area contributed by atoms with Crippen molar-refractivity contribution in [1.29, 1.82) is 0 Å². The van der Waals surface area contributed by atoms with Crippen molar-refractivity contribution in [1.82, 2.24) is 9.78 Å². The van der Waals surface area contributed by atoms with Crippen LogP contribution in [0.15, 0.2) is 18.3 Å². The number of aromatic nitrogens is 2. The number of fused-ring (bicyclic) bond motifs is 1. The lowest BCUT2D eigenvalue weighted by Crippen LogP contribution is -2.04. The van der Waals surface area contributed by atoms with E-state index in [1.54, 1.807) is 0 Å². The summed E-state index contributed by atoms with van der Waals surface area (Å²) in [6.45, 7) is 2.22. The minimum absolute atomic E-state index is 0.632. The molecule has 0 amide bonds. The van der Waals surface area contributed by atoms with Crippen LogP contribution in [-0.2, 0) is 0 Å². The van der Waals surface area contributed by atoms with Crippen molar-refractivity contribution in [3.63, 3.8) is 0 Å². The van der Waals surface area contributed by atoms with Crippen LogP contribution in [0.5, 0.6) is 0 Å². The Labute approximate surface area is 60.2 Å². The molecule has 52 valence electrons. The van der Waals surface area contributed by atoms with Gasteiger partial charge in [0.2, 0.25) is 0 Å². The molecule has 10 heavy (non-hydrogen) atoms. The first-order chi connectivity index (χ1) is 4.88. The normalized spacial score (nSPS) is 22.7. The highest BCUT2D eigenvalue weighted by atomic mass is 15.3. The van der Waals surface area contributed by atoms with E-state index < -0.39 is 0 Å². The van der Waals surface area contributed by atoms with Crippen LogP contribution < -0.4 is 0 Å². The molecule has 2 nitrogen and oxygen atoms in total. The molecule has 0 aromatic carbocycles. The van der Waals surface area contributed by atoms with Crippen LogP contribution >= 0.6 is 0 Å². The van der Waals surface area contributed by atoms with E-state index in [0.717, 1.165) is 6.42 Å². The van der Waals surface area contributed by atoms with Crippen molar-refractivity contribution in [2.45, 2.75) is 19.3 Å². The number of hydrogen-bond acceptors (Lipinski definition) is 1. The third kappa shape index (κ3) is 0.685. The molecule has 1 unspecified atom stereocenters. The highest BCUT2D eigenvalue weighted by molar-refractivity contribution is 5.30. The summed E-state index contributed by atoms with van der Waals surface area (Å²) in [5.41, 5.74) is 1.32. The second-order valence-electron chi connectivity index (χ2n) is 2.72. The summed E-state index contributed by atoms with van der Waals surface area (Å²) in [6.07, 6.45) is 7.17. The minimum atomic E-state index is 0.632. The Morgan fingerprint density at radius 1 is 1.70 bits per heavy atom. The quantitative estimate of drug-likeness (QED) is 0.529. The summed E-state index contributed by atoms with van der Waals surface area (Å²) in [5, 5.41) is 4.14. The van der Waals surface area contributed by atoms with E-state index in [4.69, 9.17) is 0 Å². The summed E-state index contributed by atoms with van der Waals surface area (Å²) in [4.78, 5) is 0. The summed E-state index contributed by atoms with van der Waals surface area (Å²) in [7, 11) is 0. The van der Waals surface area contributed by atoms with Crippen molar-refractivity contribution < 1.29 is 0 Å². The van der Waals surface area contributed by atoms with Crippen molar-refractivity contribution >= 4 is 6.20 Å². The van der Waals surface area contributed by atoms with Crippen molar-refractivity contribution in [3.05, 3.63) is 24.0 Å². The van der Waals surface area contributed by atoms with Gasteiger partial charge in [-0.25, -0.2) is 4.68 Å². The summed E-state index contributed by atoms with van der Waals surface area (Å²) < 4.78 is 1.94. The Hall–Kier alpha value is -1.05. The molecule has 2 rings (SSSR count). The lowest BCUT2D eigenvalue weighted by Gasteiger charge is -2.13. The second kappa shape index (κ2) is 1.97. The second-order valence-corrected chi connectivity index (χ2v) is 2.72.